The summed E-state index contributed by atoms with van der Waals surface area (Å²) in [4.78, 5) is 27.0. The van der Waals surface area contributed by atoms with Crippen LogP contribution in [0.3, 0.4) is 0 Å². The molecule has 1 amide bonds. The van der Waals surface area contributed by atoms with Crippen LogP contribution in [0.15, 0.2) is 0 Å². The van der Waals surface area contributed by atoms with Gasteiger partial charge in [-0.15, -0.1) is 0 Å². The molecule has 0 saturated carbocycles. The number of amides is 1. The Labute approximate surface area is 95.5 Å². The van der Waals surface area contributed by atoms with E-state index in [1.807, 2.05) is 0 Å². The zero-order chi connectivity index (χ0) is 13.8. The molecule has 0 aromatic rings. The van der Waals surface area contributed by atoms with Crippen molar-refractivity contribution in [1.82, 2.24) is 0 Å². The molecular weight excluding hydrogens is 261 g/mol. The Balaban J connectivity index is 4.34. The first kappa shape index (κ1) is 16.4. The maximum absolute atomic E-state index is 10.4. The Morgan fingerprint density at radius 3 is 2.00 bits per heavy atom. The first-order valence-corrected chi connectivity index (χ1v) is 5.81. The van der Waals surface area contributed by atoms with Crippen molar-refractivity contribution >= 4 is 13.7 Å². The van der Waals surface area contributed by atoms with Crippen LogP contribution in [0.4, 0.5) is 0 Å². The van der Waals surface area contributed by atoms with Crippen molar-refractivity contribution in [2.75, 3.05) is 6.61 Å². The van der Waals surface area contributed by atoms with Gasteiger partial charge in [0.15, 0.2) is 6.10 Å². The van der Waals surface area contributed by atoms with Gasteiger partial charge in [0.25, 0.3) is 0 Å². The third-order valence-corrected chi connectivity index (χ3v) is 2.26. The van der Waals surface area contributed by atoms with Crippen molar-refractivity contribution in [3.63, 3.8) is 0 Å². The lowest BCUT2D eigenvalue weighted by atomic mass is 10.0. The number of phosphoric ester groups is 1. The van der Waals surface area contributed by atoms with Crippen molar-refractivity contribution in [2.45, 2.75) is 24.4 Å². The van der Waals surface area contributed by atoms with E-state index < -0.39 is 44.8 Å². The summed E-state index contributed by atoms with van der Waals surface area (Å²) in [7, 11) is -4.84. The molecule has 11 heteroatoms. The Bertz CT molecular complexity index is 304. The summed E-state index contributed by atoms with van der Waals surface area (Å²) in [5, 5.41) is 36.4. The number of carbonyl (C=O) groups is 1. The quantitative estimate of drug-likeness (QED) is 0.227. The molecule has 17 heavy (non-hydrogen) atoms. The molecule has 0 aromatic carbocycles. The fraction of sp³-hybridized carbons (Fsp3) is 0.833. The van der Waals surface area contributed by atoms with Crippen molar-refractivity contribution in [3.8, 4) is 0 Å². The van der Waals surface area contributed by atoms with Crippen LogP contribution >= 0.6 is 7.82 Å². The minimum atomic E-state index is -4.84. The number of carbonyl (C=O) groups excluding carboxylic acids is 1. The third kappa shape index (κ3) is 6.05. The summed E-state index contributed by atoms with van der Waals surface area (Å²) in [6.07, 6.45) is -8.23. The van der Waals surface area contributed by atoms with E-state index in [9.17, 15) is 14.5 Å². The summed E-state index contributed by atoms with van der Waals surface area (Å²) in [5.41, 5.74) is 4.62. The van der Waals surface area contributed by atoms with E-state index in [1.165, 1.54) is 0 Å². The van der Waals surface area contributed by atoms with Gasteiger partial charge in [-0.3, -0.25) is 9.32 Å². The molecule has 0 spiro atoms. The number of hydrogen-bond donors (Lipinski definition) is 7. The summed E-state index contributed by atoms with van der Waals surface area (Å²) < 4.78 is 14.1. The molecule has 0 saturated heterocycles. The maximum Gasteiger partial charge on any atom is 0.469 e. The second-order valence-electron chi connectivity index (χ2n) is 3.18. The van der Waals surface area contributed by atoms with Crippen molar-refractivity contribution in [1.29, 1.82) is 0 Å². The molecule has 0 unspecified atom stereocenters. The first-order valence-electron chi connectivity index (χ1n) is 4.28. The Hall–Kier alpha value is -0.580. The van der Waals surface area contributed by atoms with Crippen LogP contribution in [-0.4, -0.2) is 67.1 Å². The monoisotopic (exact) mass is 275 g/mol. The molecule has 0 fully saturated rings. The smallest absolute Gasteiger partial charge is 0.388 e. The van der Waals surface area contributed by atoms with Crippen LogP contribution in [0.25, 0.3) is 0 Å². The normalized spacial score (nSPS) is 19.4. The lowest BCUT2D eigenvalue weighted by Crippen LogP contribution is -2.50. The first-order chi connectivity index (χ1) is 7.56. The highest BCUT2D eigenvalue weighted by Crippen LogP contribution is 2.35. The van der Waals surface area contributed by atoms with Gasteiger partial charge in [-0.2, -0.15) is 0 Å². The van der Waals surface area contributed by atoms with Crippen LogP contribution in [-0.2, 0) is 13.9 Å². The fourth-order valence-corrected chi connectivity index (χ4v) is 1.20. The van der Waals surface area contributed by atoms with Gasteiger partial charge in [-0.05, 0) is 0 Å². The van der Waals surface area contributed by atoms with Crippen LogP contribution < -0.4 is 5.73 Å². The highest BCUT2D eigenvalue weighted by atomic mass is 31.2. The van der Waals surface area contributed by atoms with Crippen molar-refractivity contribution < 1.29 is 44.1 Å². The van der Waals surface area contributed by atoms with Crippen LogP contribution in [0.1, 0.15) is 0 Å². The molecule has 0 heterocycles. The largest absolute Gasteiger partial charge is 0.469 e. The summed E-state index contributed by atoms with van der Waals surface area (Å²) in [5.74, 6) is -1.33. The molecule has 0 bridgehead atoms. The zero-order valence-corrected chi connectivity index (χ0v) is 9.34. The van der Waals surface area contributed by atoms with E-state index in [1.54, 1.807) is 0 Å². The number of rotatable bonds is 7. The number of hydrogen-bond acceptors (Lipinski definition) is 7. The van der Waals surface area contributed by atoms with Crippen LogP contribution in [0, 0.1) is 0 Å². The molecule has 8 N–H and O–H groups in total. The van der Waals surface area contributed by atoms with Crippen LogP contribution in [0.2, 0.25) is 0 Å². The molecule has 0 radical (unpaired) electrons. The molecular formula is C6H14NO9P. The Morgan fingerprint density at radius 1 is 1.18 bits per heavy atom. The number of primary amides is 1. The zero-order valence-electron chi connectivity index (χ0n) is 8.45. The maximum atomic E-state index is 10.4. The van der Waals surface area contributed by atoms with Gasteiger partial charge in [-0.25, -0.2) is 4.57 Å². The van der Waals surface area contributed by atoms with Gasteiger partial charge in [0, 0.05) is 0 Å². The van der Waals surface area contributed by atoms with Gasteiger partial charge >= 0.3 is 7.82 Å². The van der Waals surface area contributed by atoms with Gasteiger partial charge in [0.05, 0.1) is 6.61 Å². The predicted octanol–water partition coefficient (Wildman–Crippen LogP) is -3.98. The lowest BCUT2D eigenvalue weighted by molar-refractivity contribution is -0.145. The van der Waals surface area contributed by atoms with E-state index in [2.05, 4.69) is 10.3 Å². The molecule has 4 atom stereocenters. The Morgan fingerprint density at radius 2 is 1.65 bits per heavy atom. The standard InChI is InChI=1S/C6H14NO9P/c7-6(12)5(11)4(10)3(9)2(8)1-16-17(13,14)15/h2-5,8-11H,1H2,(H2,7,12)(H2,13,14,15)/t2-,3-,4+,5-/m1/s1. The van der Waals surface area contributed by atoms with Gasteiger partial charge in [0.2, 0.25) is 5.91 Å². The minimum absolute atomic E-state index is 1.01. The molecule has 10 nitrogen and oxygen atoms in total. The van der Waals surface area contributed by atoms with Gasteiger partial charge in [0.1, 0.15) is 18.3 Å². The highest BCUT2D eigenvalue weighted by molar-refractivity contribution is 7.46. The number of nitrogens with two attached hydrogens (primary N) is 1. The third-order valence-electron chi connectivity index (χ3n) is 1.77. The topological polar surface area (TPSA) is 191 Å². The van der Waals surface area contributed by atoms with Crippen molar-refractivity contribution in [3.05, 3.63) is 0 Å². The average Bonchev–Trinajstić information content (AvgIpc) is 2.21. The fourth-order valence-electron chi connectivity index (χ4n) is 0.855. The molecule has 102 valence electrons. The van der Waals surface area contributed by atoms with E-state index in [-0.39, 0.29) is 0 Å². The second kappa shape index (κ2) is 6.38. The van der Waals surface area contributed by atoms with E-state index in [0.717, 1.165) is 0 Å². The number of aliphatic hydroxyl groups excluding tert-OH is 4. The highest BCUT2D eigenvalue weighted by Gasteiger charge is 2.34. The molecule has 0 aliphatic rings. The molecule has 0 aliphatic carbocycles. The van der Waals surface area contributed by atoms with E-state index in [0.29, 0.717) is 0 Å². The summed E-state index contributed by atoms with van der Waals surface area (Å²) in [6.45, 7) is -1.01. The van der Waals surface area contributed by atoms with E-state index in [4.69, 9.17) is 25.1 Å². The van der Waals surface area contributed by atoms with Crippen LogP contribution in [0.5, 0.6) is 0 Å². The Kier molecular flexibility index (Phi) is 6.16. The SMILES string of the molecule is NC(=O)[C@H](O)[C@@H](O)[C@H](O)[C@H](O)COP(=O)(O)O. The van der Waals surface area contributed by atoms with Gasteiger partial charge in [-0.1, -0.05) is 0 Å². The molecule has 0 rings (SSSR count). The molecule has 0 aliphatic heterocycles. The number of aliphatic hydroxyl groups is 4. The summed E-state index contributed by atoms with van der Waals surface area (Å²) >= 11 is 0. The average molecular weight is 275 g/mol. The predicted molar refractivity (Wildman–Crippen MR) is 51.2 cm³/mol. The lowest BCUT2D eigenvalue weighted by Gasteiger charge is -2.24. The second-order valence-corrected chi connectivity index (χ2v) is 4.42. The minimum Gasteiger partial charge on any atom is -0.388 e. The van der Waals surface area contributed by atoms with E-state index >= 15 is 0 Å². The summed E-state index contributed by atoms with van der Waals surface area (Å²) in [6, 6.07) is 0. The van der Waals surface area contributed by atoms with Gasteiger partial charge < -0.3 is 35.9 Å². The number of phosphoric acid groups is 1. The molecule has 0 aromatic heterocycles. The van der Waals surface area contributed by atoms with Crippen molar-refractivity contribution in [2.24, 2.45) is 5.73 Å².